The molecule has 7 heteroatoms. The quantitative estimate of drug-likeness (QED) is 0.454. The number of anilines is 2. The lowest BCUT2D eigenvalue weighted by atomic mass is 10.1. The molecule has 4 rings (SSSR count). The maximum absolute atomic E-state index is 12.4. The Balaban J connectivity index is 1.68. The molecule has 2 heterocycles. The van der Waals surface area contributed by atoms with Crippen molar-refractivity contribution in [3.63, 3.8) is 0 Å². The monoisotopic (exact) mass is 413 g/mol. The molecule has 0 spiro atoms. The van der Waals surface area contributed by atoms with E-state index in [1.807, 2.05) is 62.4 Å². The molecule has 7 nitrogen and oxygen atoms in total. The molecule has 1 N–H and O–H groups in total. The third kappa shape index (κ3) is 4.45. The van der Waals surface area contributed by atoms with Gasteiger partial charge in [0.1, 0.15) is 5.56 Å². The average molecular weight is 413 g/mol. The number of carbonyl (C=O) groups excluding carboxylic acids is 1. The number of aromatic nitrogens is 4. The number of ether oxygens (including phenoxy) is 1. The van der Waals surface area contributed by atoms with Crippen molar-refractivity contribution < 1.29 is 9.53 Å². The van der Waals surface area contributed by atoms with Gasteiger partial charge >= 0.3 is 5.97 Å². The van der Waals surface area contributed by atoms with Crippen LogP contribution in [0, 0.1) is 13.8 Å². The number of esters is 1. The fourth-order valence-corrected chi connectivity index (χ4v) is 3.27. The summed E-state index contributed by atoms with van der Waals surface area (Å²) in [6.07, 6.45) is 1.47. The van der Waals surface area contributed by atoms with Gasteiger partial charge < -0.3 is 10.1 Å². The van der Waals surface area contributed by atoms with Crippen molar-refractivity contribution in [1.29, 1.82) is 0 Å². The van der Waals surface area contributed by atoms with Crippen molar-refractivity contribution in [3.05, 3.63) is 83.8 Å². The fraction of sp³-hybridized carbons (Fsp3) is 0.167. The SMILES string of the molecule is CCOC(=O)c1cnc(-n2nc(C)cc2C)nc1Nc1ccc(-c2ccccc2)cc1. The van der Waals surface area contributed by atoms with Crippen LogP contribution in [0.3, 0.4) is 0 Å². The Morgan fingerprint density at radius 1 is 1.03 bits per heavy atom. The molecular formula is C24H23N5O2. The Morgan fingerprint density at radius 2 is 1.74 bits per heavy atom. The first-order valence-corrected chi connectivity index (χ1v) is 10.1. The summed E-state index contributed by atoms with van der Waals surface area (Å²) < 4.78 is 6.82. The molecule has 156 valence electrons. The molecule has 2 aromatic heterocycles. The lowest BCUT2D eigenvalue weighted by Crippen LogP contribution is -2.13. The van der Waals surface area contributed by atoms with Crippen molar-refractivity contribution in [1.82, 2.24) is 19.7 Å². The maximum atomic E-state index is 12.4. The highest BCUT2D eigenvalue weighted by Gasteiger charge is 2.18. The van der Waals surface area contributed by atoms with E-state index in [1.165, 1.54) is 6.20 Å². The lowest BCUT2D eigenvalue weighted by molar-refractivity contribution is 0.0526. The van der Waals surface area contributed by atoms with Gasteiger partial charge in [0, 0.05) is 17.6 Å². The van der Waals surface area contributed by atoms with Gasteiger partial charge in [0.2, 0.25) is 0 Å². The first-order valence-electron chi connectivity index (χ1n) is 10.1. The van der Waals surface area contributed by atoms with E-state index >= 15 is 0 Å². The van der Waals surface area contributed by atoms with E-state index in [4.69, 9.17) is 4.74 Å². The Bertz CT molecular complexity index is 1200. The van der Waals surface area contributed by atoms with Crippen molar-refractivity contribution in [2.45, 2.75) is 20.8 Å². The molecule has 0 bridgehead atoms. The normalized spacial score (nSPS) is 10.7. The van der Waals surface area contributed by atoms with Gasteiger partial charge in [0.25, 0.3) is 5.95 Å². The zero-order valence-corrected chi connectivity index (χ0v) is 17.7. The average Bonchev–Trinajstić information content (AvgIpc) is 3.13. The molecule has 0 aliphatic carbocycles. The van der Waals surface area contributed by atoms with Crippen molar-refractivity contribution in [2.24, 2.45) is 0 Å². The number of hydrogen-bond acceptors (Lipinski definition) is 6. The summed E-state index contributed by atoms with van der Waals surface area (Å²) in [5.74, 6) is 0.261. The minimum atomic E-state index is -0.481. The minimum Gasteiger partial charge on any atom is -0.462 e. The van der Waals surface area contributed by atoms with E-state index in [1.54, 1.807) is 11.6 Å². The molecule has 0 atom stereocenters. The lowest BCUT2D eigenvalue weighted by Gasteiger charge is -2.12. The van der Waals surface area contributed by atoms with Crippen LogP contribution in [0.4, 0.5) is 11.5 Å². The van der Waals surface area contributed by atoms with E-state index in [2.05, 4.69) is 32.5 Å². The van der Waals surface area contributed by atoms with E-state index in [-0.39, 0.29) is 12.2 Å². The van der Waals surface area contributed by atoms with Gasteiger partial charge in [-0.2, -0.15) is 10.1 Å². The van der Waals surface area contributed by atoms with Crippen LogP contribution in [0.2, 0.25) is 0 Å². The summed E-state index contributed by atoms with van der Waals surface area (Å²) in [6.45, 7) is 5.86. The number of carbonyl (C=O) groups is 1. The largest absolute Gasteiger partial charge is 0.462 e. The zero-order chi connectivity index (χ0) is 21.8. The molecule has 2 aromatic carbocycles. The van der Waals surface area contributed by atoms with Crippen molar-refractivity contribution in [3.8, 4) is 17.1 Å². The number of rotatable bonds is 6. The van der Waals surface area contributed by atoms with Gasteiger partial charge in [-0.05, 0) is 50.1 Å². The molecular weight excluding hydrogens is 390 g/mol. The van der Waals surface area contributed by atoms with Crippen LogP contribution >= 0.6 is 0 Å². The molecule has 0 unspecified atom stereocenters. The standard InChI is InChI=1S/C24H23N5O2/c1-4-31-23(30)21-15-25-24(29-17(3)14-16(2)28-29)27-22(21)26-20-12-10-19(11-13-20)18-8-6-5-7-9-18/h5-15H,4H2,1-3H3,(H,25,26,27). The van der Waals surface area contributed by atoms with Gasteiger partial charge in [0.05, 0.1) is 12.3 Å². The van der Waals surface area contributed by atoms with E-state index in [0.717, 1.165) is 28.2 Å². The van der Waals surface area contributed by atoms with Crippen LogP contribution in [0.15, 0.2) is 66.9 Å². The zero-order valence-electron chi connectivity index (χ0n) is 17.7. The second-order valence-electron chi connectivity index (χ2n) is 7.06. The van der Waals surface area contributed by atoms with Crippen LogP contribution in [0.5, 0.6) is 0 Å². The molecule has 31 heavy (non-hydrogen) atoms. The van der Waals surface area contributed by atoms with Gasteiger partial charge in [0.15, 0.2) is 5.82 Å². The third-order valence-electron chi connectivity index (χ3n) is 4.73. The van der Waals surface area contributed by atoms with Crippen LogP contribution in [-0.4, -0.2) is 32.3 Å². The molecule has 0 radical (unpaired) electrons. The Labute approximate surface area is 180 Å². The molecule has 0 fully saturated rings. The van der Waals surface area contributed by atoms with Crippen LogP contribution in [0.25, 0.3) is 17.1 Å². The minimum absolute atomic E-state index is 0.263. The summed E-state index contributed by atoms with van der Waals surface area (Å²) >= 11 is 0. The third-order valence-corrected chi connectivity index (χ3v) is 4.73. The Kier molecular flexibility index (Phi) is 5.75. The summed E-state index contributed by atoms with van der Waals surface area (Å²) in [6, 6.07) is 20.0. The fourth-order valence-electron chi connectivity index (χ4n) is 3.27. The van der Waals surface area contributed by atoms with Gasteiger partial charge in [-0.3, -0.25) is 0 Å². The van der Waals surface area contributed by atoms with E-state index in [9.17, 15) is 4.79 Å². The number of aryl methyl sites for hydroxylation is 2. The highest BCUT2D eigenvalue weighted by atomic mass is 16.5. The van der Waals surface area contributed by atoms with Crippen LogP contribution in [-0.2, 0) is 4.74 Å². The first-order chi connectivity index (χ1) is 15.0. The molecule has 0 amide bonds. The number of nitrogens with one attached hydrogen (secondary N) is 1. The molecule has 0 aliphatic rings. The molecule has 0 saturated carbocycles. The second kappa shape index (κ2) is 8.79. The summed E-state index contributed by atoms with van der Waals surface area (Å²) in [7, 11) is 0. The number of nitrogens with zero attached hydrogens (tertiary/aromatic N) is 4. The Hall–Kier alpha value is -4.00. The van der Waals surface area contributed by atoms with Crippen LogP contribution < -0.4 is 5.32 Å². The van der Waals surface area contributed by atoms with Crippen LogP contribution in [0.1, 0.15) is 28.7 Å². The highest BCUT2D eigenvalue weighted by molar-refractivity contribution is 5.95. The second-order valence-corrected chi connectivity index (χ2v) is 7.06. The van der Waals surface area contributed by atoms with Gasteiger partial charge in [-0.1, -0.05) is 42.5 Å². The summed E-state index contributed by atoms with van der Waals surface area (Å²) in [5.41, 5.74) is 5.06. The maximum Gasteiger partial charge on any atom is 0.343 e. The summed E-state index contributed by atoms with van der Waals surface area (Å²) in [5, 5.41) is 7.67. The topological polar surface area (TPSA) is 81.9 Å². The number of benzene rings is 2. The predicted molar refractivity (Wildman–Crippen MR) is 120 cm³/mol. The Morgan fingerprint density at radius 3 is 2.39 bits per heavy atom. The predicted octanol–water partition coefficient (Wildman–Crippen LogP) is 4.87. The van der Waals surface area contributed by atoms with Crippen molar-refractivity contribution >= 4 is 17.5 Å². The smallest absolute Gasteiger partial charge is 0.343 e. The number of hydrogen-bond donors (Lipinski definition) is 1. The molecule has 0 saturated heterocycles. The van der Waals surface area contributed by atoms with Crippen molar-refractivity contribution in [2.75, 3.05) is 11.9 Å². The van der Waals surface area contributed by atoms with E-state index in [0.29, 0.717) is 11.8 Å². The molecule has 4 aromatic rings. The molecule has 0 aliphatic heterocycles. The van der Waals surface area contributed by atoms with Gasteiger partial charge in [-0.25, -0.2) is 14.5 Å². The van der Waals surface area contributed by atoms with E-state index < -0.39 is 5.97 Å². The van der Waals surface area contributed by atoms with Gasteiger partial charge in [-0.15, -0.1) is 0 Å². The summed E-state index contributed by atoms with van der Waals surface area (Å²) in [4.78, 5) is 21.4. The first kappa shape index (κ1) is 20.3. The highest BCUT2D eigenvalue weighted by Crippen LogP contribution is 2.25.